The minimum atomic E-state index is -4.87. The Hall–Kier alpha value is -4.26. The van der Waals surface area contributed by atoms with Crippen LogP contribution in [-0.4, -0.2) is 20.5 Å². The lowest BCUT2D eigenvalue weighted by Crippen LogP contribution is -2.18. The van der Waals surface area contributed by atoms with Gasteiger partial charge in [0.2, 0.25) is 0 Å². The normalized spacial score (nSPS) is 11.7. The van der Waals surface area contributed by atoms with E-state index < -0.39 is 23.2 Å². The van der Waals surface area contributed by atoms with Crippen LogP contribution >= 0.6 is 0 Å². The number of hydrogen-bond acceptors (Lipinski definition) is 3. The van der Waals surface area contributed by atoms with Gasteiger partial charge < -0.3 is 0 Å². The van der Waals surface area contributed by atoms with E-state index in [1.807, 2.05) is 25.1 Å². The summed E-state index contributed by atoms with van der Waals surface area (Å²) in [5, 5.41) is 4.98. The molecule has 0 saturated carbocycles. The lowest BCUT2D eigenvalue weighted by molar-refractivity contribution is -0.141. The van der Waals surface area contributed by atoms with Crippen LogP contribution in [0.25, 0.3) is 27.8 Å². The second-order valence-corrected chi connectivity index (χ2v) is 8.49. The topological polar surface area (TPSA) is 47.8 Å². The molecule has 0 fully saturated rings. The van der Waals surface area contributed by atoms with Crippen molar-refractivity contribution in [3.8, 4) is 16.8 Å². The van der Waals surface area contributed by atoms with Gasteiger partial charge in [0.25, 0.3) is 0 Å². The monoisotopic (exact) mass is 485 g/mol. The maximum Gasteiger partial charge on any atom is 0.434 e. The van der Waals surface area contributed by atoms with E-state index in [2.05, 4.69) is 10.1 Å². The van der Waals surface area contributed by atoms with Crippen molar-refractivity contribution in [2.45, 2.75) is 26.4 Å². The number of ketones is 1. The Morgan fingerprint density at radius 1 is 0.917 bits per heavy atom. The maximum atomic E-state index is 14.6. The largest absolute Gasteiger partial charge is 0.434 e. The molecule has 0 radical (unpaired) electrons. The van der Waals surface area contributed by atoms with Crippen LogP contribution in [0.2, 0.25) is 0 Å². The van der Waals surface area contributed by atoms with Crippen molar-refractivity contribution in [3.63, 3.8) is 0 Å². The molecular formula is C29H22F3N3O. The number of aromatic nitrogens is 3. The number of carbonyl (C=O) groups is 1. The Morgan fingerprint density at radius 2 is 1.58 bits per heavy atom. The smallest absolute Gasteiger partial charge is 0.289 e. The van der Waals surface area contributed by atoms with E-state index in [9.17, 15) is 18.0 Å². The van der Waals surface area contributed by atoms with Gasteiger partial charge in [0.05, 0.1) is 22.3 Å². The fourth-order valence-corrected chi connectivity index (χ4v) is 4.46. The number of aryl methyl sites for hydroxylation is 2. The van der Waals surface area contributed by atoms with Crippen LogP contribution in [0.4, 0.5) is 13.2 Å². The van der Waals surface area contributed by atoms with Crippen LogP contribution in [0.3, 0.4) is 0 Å². The minimum absolute atomic E-state index is 0.0486. The number of carbonyl (C=O) groups excluding carboxylic acids is 1. The predicted molar refractivity (Wildman–Crippen MR) is 133 cm³/mol. The van der Waals surface area contributed by atoms with Gasteiger partial charge in [0.1, 0.15) is 0 Å². The number of nitrogens with zero attached hydrogens (tertiary/aromatic N) is 3. The molecule has 180 valence electrons. The number of alkyl halides is 3. The molecule has 5 rings (SSSR count). The molecule has 0 spiro atoms. The summed E-state index contributed by atoms with van der Waals surface area (Å²) in [7, 11) is 0. The van der Waals surface area contributed by atoms with Crippen molar-refractivity contribution in [3.05, 3.63) is 113 Å². The first kappa shape index (κ1) is 23.5. The van der Waals surface area contributed by atoms with Gasteiger partial charge in [-0.25, -0.2) is 9.67 Å². The minimum Gasteiger partial charge on any atom is -0.289 e. The molecule has 36 heavy (non-hydrogen) atoms. The summed E-state index contributed by atoms with van der Waals surface area (Å²) >= 11 is 0. The van der Waals surface area contributed by atoms with Crippen LogP contribution in [0, 0.1) is 6.92 Å². The average Bonchev–Trinajstić information content (AvgIpc) is 3.24. The molecule has 3 aromatic carbocycles. The van der Waals surface area contributed by atoms with E-state index >= 15 is 0 Å². The van der Waals surface area contributed by atoms with Crippen molar-refractivity contribution < 1.29 is 18.0 Å². The van der Waals surface area contributed by atoms with E-state index in [1.165, 1.54) is 16.8 Å². The molecular weight excluding hydrogens is 463 g/mol. The third kappa shape index (κ3) is 4.06. The van der Waals surface area contributed by atoms with Crippen LogP contribution < -0.4 is 0 Å². The Morgan fingerprint density at radius 3 is 2.22 bits per heavy atom. The SMILES string of the molecule is CCc1cccc(-c2c(C(=O)c3ccccc3)c(C(F)(F)F)nc3c2c(C)nn3-c2ccccc2)c1. The lowest BCUT2D eigenvalue weighted by Gasteiger charge is -2.18. The second kappa shape index (κ2) is 9.07. The molecule has 0 aliphatic rings. The Bertz CT molecular complexity index is 1570. The molecule has 2 aromatic heterocycles. The summed E-state index contributed by atoms with van der Waals surface area (Å²) in [5.41, 5.74) is 1.22. The summed E-state index contributed by atoms with van der Waals surface area (Å²) in [5.74, 6) is -0.735. The second-order valence-electron chi connectivity index (χ2n) is 8.49. The van der Waals surface area contributed by atoms with Crippen LogP contribution in [0.1, 0.15) is 39.8 Å². The Labute approximate surface area is 206 Å². The summed E-state index contributed by atoms with van der Waals surface area (Å²) in [6.45, 7) is 3.69. The molecule has 7 heteroatoms. The highest BCUT2D eigenvalue weighted by molar-refractivity contribution is 6.17. The van der Waals surface area contributed by atoms with E-state index in [-0.39, 0.29) is 16.8 Å². The summed E-state index contributed by atoms with van der Waals surface area (Å²) in [6.07, 6.45) is -4.18. The van der Waals surface area contributed by atoms with Gasteiger partial charge >= 0.3 is 6.18 Å². The molecule has 0 aliphatic carbocycles. The number of para-hydroxylation sites is 1. The quantitative estimate of drug-likeness (QED) is 0.247. The zero-order valence-electron chi connectivity index (χ0n) is 19.7. The van der Waals surface area contributed by atoms with Crippen molar-refractivity contribution >= 4 is 16.8 Å². The molecule has 0 bridgehead atoms. The number of fused-ring (bicyclic) bond motifs is 1. The fourth-order valence-electron chi connectivity index (χ4n) is 4.46. The molecule has 5 aromatic rings. The van der Waals surface area contributed by atoms with E-state index in [1.54, 1.807) is 61.5 Å². The highest BCUT2D eigenvalue weighted by Gasteiger charge is 2.41. The third-order valence-electron chi connectivity index (χ3n) is 6.15. The average molecular weight is 486 g/mol. The van der Waals surface area contributed by atoms with E-state index in [0.717, 1.165) is 5.56 Å². The summed E-state index contributed by atoms with van der Waals surface area (Å²) in [4.78, 5) is 17.8. The van der Waals surface area contributed by atoms with E-state index in [4.69, 9.17) is 0 Å². The molecule has 4 nitrogen and oxygen atoms in total. The molecule has 2 heterocycles. The molecule has 0 unspecified atom stereocenters. The predicted octanol–water partition coefficient (Wildman–Crippen LogP) is 7.21. The maximum absolute atomic E-state index is 14.6. The van der Waals surface area contributed by atoms with Gasteiger partial charge in [0.15, 0.2) is 17.1 Å². The van der Waals surface area contributed by atoms with Crippen molar-refractivity contribution in [1.29, 1.82) is 0 Å². The van der Waals surface area contributed by atoms with Crippen molar-refractivity contribution in [1.82, 2.24) is 14.8 Å². The lowest BCUT2D eigenvalue weighted by atomic mass is 9.89. The summed E-state index contributed by atoms with van der Waals surface area (Å²) in [6, 6.07) is 24.1. The number of hydrogen-bond donors (Lipinski definition) is 0. The fraction of sp³-hybridized carbons (Fsp3) is 0.138. The van der Waals surface area contributed by atoms with Gasteiger partial charge in [-0.05, 0) is 36.6 Å². The van der Waals surface area contributed by atoms with Crippen molar-refractivity contribution in [2.75, 3.05) is 0 Å². The first-order valence-electron chi connectivity index (χ1n) is 11.5. The molecule has 0 aliphatic heterocycles. The standard InChI is InChI=1S/C29H22F3N3O/c1-3-19-11-10-14-21(17-19)24-23-18(2)34-35(22-15-8-5-9-16-22)28(23)33-27(29(30,31)32)25(24)26(36)20-12-6-4-7-13-20/h4-17H,3H2,1-2H3. The molecule has 0 atom stereocenters. The third-order valence-corrected chi connectivity index (χ3v) is 6.15. The molecule has 0 N–H and O–H groups in total. The van der Waals surface area contributed by atoms with Crippen LogP contribution in [0.15, 0.2) is 84.9 Å². The van der Waals surface area contributed by atoms with Crippen molar-refractivity contribution in [2.24, 2.45) is 0 Å². The first-order valence-corrected chi connectivity index (χ1v) is 11.5. The van der Waals surface area contributed by atoms with Gasteiger partial charge in [-0.3, -0.25) is 4.79 Å². The highest BCUT2D eigenvalue weighted by Crippen LogP contribution is 2.42. The number of halogens is 3. The van der Waals surface area contributed by atoms with E-state index in [0.29, 0.717) is 28.8 Å². The highest BCUT2D eigenvalue weighted by atomic mass is 19.4. The zero-order valence-corrected chi connectivity index (χ0v) is 19.7. The first-order chi connectivity index (χ1) is 17.3. The zero-order chi connectivity index (χ0) is 25.4. The van der Waals surface area contributed by atoms with Gasteiger partial charge in [-0.15, -0.1) is 0 Å². The van der Waals surface area contributed by atoms with Gasteiger partial charge in [-0.2, -0.15) is 18.3 Å². The number of benzene rings is 3. The Kier molecular flexibility index (Phi) is 5.92. The molecule has 0 saturated heterocycles. The summed E-state index contributed by atoms with van der Waals surface area (Å²) < 4.78 is 45.2. The number of pyridine rings is 1. The van der Waals surface area contributed by atoms with Crippen LogP contribution in [0.5, 0.6) is 0 Å². The number of rotatable bonds is 5. The molecule has 0 amide bonds. The van der Waals surface area contributed by atoms with Crippen LogP contribution in [-0.2, 0) is 12.6 Å². The Balaban J connectivity index is 1.96. The van der Waals surface area contributed by atoms with Gasteiger partial charge in [0, 0.05) is 11.1 Å². The van der Waals surface area contributed by atoms with Gasteiger partial charge in [-0.1, -0.05) is 79.7 Å².